The van der Waals surface area contributed by atoms with Crippen molar-refractivity contribution in [3.05, 3.63) is 118 Å². The van der Waals surface area contributed by atoms with Gasteiger partial charge in [0, 0.05) is 21.2 Å². The summed E-state index contributed by atoms with van der Waals surface area (Å²) in [7, 11) is 3.07. The Bertz CT molecular complexity index is 1910. The molecule has 0 radical (unpaired) electrons. The number of methoxy groups -OCH3 is 2. The Kier molecular flexibility index (Phi) is 9.25. The standard InChI is InChI=1S/C32H28Cl2N2O6S/c1-5-41-31(38)28-18(2)35-32-36(29(28)20-11-13-25(39-3)26(14-20)40-4)30(37)27(43-32)15-19-8-6-7-9-24(19)42-17-21-10-12-22(33)16-23(21)34/h6-16,29H,5,17H2,1-4H3/b27-15-/t29-/m0/s1. The van der Waals surface area contributed by atoms with Gasteiger partial charge in [-0.2, -0.15) is 0 Å². The van der Waals surface area contributed by atoms with E-state index in [-0.39, 0.29) is 24.3 Å². The summed E-state index contributed by atoms with van der Waals surface area (Å²) >= 11 is 13.6. The van der Waals surface area contributed by atoms with Crippen molar-refractivity contribution in [2.75, 3.05) is 20.8 Å². The topological polar surface area (TPSA) is 88.4 Å². The number of halogens is 2. The van der Waals surface area contributed by atoms with Crippen LogP contribution in [0.15, 0.2) is 81.7 Å². The molecule has 0 saturated carbocycles. The molecule has 43 heavy (non-hydrogen) atoms. The molecular weight excluding hydrogens is 611 g/mol. The van der Waals surface area contributed by atoms with E-state index < -0.39 is 12.0 Å². The molecule has 8 nitrogen and oxygen atoms in total. The lowest BCUT2D eigenvalue weighted by Crippen LogP contribution is -2.40. The Hall–Kier alpha value is -4.05. The minimum absolute atomic E-state index is 0.177. The van der Waals surface area contributed by atoms with Crippen LogP contribution < -0.4 is 29.1 Å². The molecule has 0 bridgehead atoms. The summed E-state index contributed by atoms with van der Waals surface area (Å²) in [6, 6.07) is 17.1. The van der Waals surface area contributed by atoms with E-state index >= 15 is 0 Å². The van der Waals surface area contributed by atoms with Crippen molar-refractivity contribution in [1.82, 2.24) is 4.57 Å². The van der Waals surface area contributed by atoms with Gasteiger partial charge in [0.15, 0.2) is 16.3 Å². The van der Waals surface area contributed by atoms with Crippen LogP contribution in [0.3, 0.4) is 0 Å². The molecule has 0 N–H and O–H groups in total. The molecule has 4 aromatic rings. The van der Waals surface area contributed by atoms with Crippen LogP contribution in [0.25, 0.3) is 6.08 Å². The molecule has 0 unspecified atom stereocenters. The van der Waals surface area contributed by atoms with E-state index in [2.05, 4.69) is 4.99 Å². The Morgan fingerprint density at radius 1 is 1.02 bits per heavy atom. The Morgan fingerprint density at radius 3 is 2.51 bits per heavy atom. The molecule has 0 fully saturated rings. The predicted octanol–water partition coefficient (Wildman–Crippen LogP) is 5.70. The van der Waals surface area contributed by atoms with Crippen LogP contribution in [-0.4, -0.2) is 31.4 Å². The highest BCUT2D eigenvalue weighted by molar-refractivity contribution is 7.07. The molecule has 1 aliphatic heterocycles. The van der Waals surface area contributed by atoms with Crippen molar-refractivity contribution >= 4 is 46.6 Å². The molecule has 5 rings (SSSR count). The lowest BCUT2D eigenvalue weighted by atomic mass is 9.95. The summed E-state index contributed by atoms with van der Waals surface area (Å²) < 4.78 is 24.4. The lowest BCUT2D eigenvalue weighted by molar-refractivity contribution is -0.139. The van der Waals surface area contributed by atoms with Gasteiger partial charge in [0.25, 0.3) is 5.56 Å². The molecule has 1 atom stereocenters. The molecule has 1 aliphatic rings. The third kappa shape index (κ3) is 6.20. The summed E-state index contributed by atoms with van der Waals surface area (Å²) in [5.74, 6) is 1.01. The molecular formula is C32H28Cl2N2O6S. The van der Waals surface area contributed by atoms with Gasteiger partial charge in [0.1, 0.15) is 12.4 Å². The number of fused-ring (bicyclic) bond motifs is 1. The number of carbonyl (C=O) groups excluding carboxylic acids is 1. The highest BCUT2D eigenvalue weighted by Crippen LogP contribution is 2.36. The third-order valence-corrected chi connectivity index (χ3v) is 8.41. The molecule has 1 aromatic heterocycles. The highest BCUT2D eigenvalue weighted by atomic mass is 35.5. The maximum Gasteiger partial charge on any atom is 0.338 e. The number of hydrogen-bond donors (Lipinski definition) is 0. The number of rotatable bonds is 9. The molecule has 0 spiro atoms. The van der Waals surface area contributed by atoms with Crippen LogP contribution in [-0.2, 0) is 16.1 Å². The maximum atomic E-state index is 14.1. The van der Waals surface area contributed by atoms with E-state index in [0.717, 1.165) is 5.56 Å². The Labute approximate surface area is 262 Å². The number of benzene rings is 3. The van der Waals surface area contributed by atoms with Gasteiger partial charge >= 0.3 is 5.97 Å². The number of nitrogens with zero attached hydrogens (tertiary/aromatic N) is 2. The molecule has 0 saturated heterocycles. The van der Waals surface area contributed by atoms with Crippen molar-refractivity contribution in [1.29, 1.82) is 0 Å². The van der Waals surface area contributed by atoms with Crippen LogP contribution in [0.2, 0.25) is 10.0 Å². The number of hydrogen-bond acceptors (Lipinski definition) is 8. The second-order valence-corrected chi connectivity index (χ2v) is 11.3. The zero-order valence-electron chi connectivity index (χ0n) is 23.9. The number of aromatic nitrogens is 1. The first-order valence-electron chi connectivity index (χ1n) is 13.3. The first-order chi connectivity index (χ1) is 20.7. The molecule has 3 aromatic carbocycles. The van der Waals surface area contributed by atoms with E-state index in [9.17, 15) is 9.59 Å². The predicted molar refractivity (Wildman–Crippen MR) is 167 cm³/mol. The minimum Gasteiger partial charge on any atom is -0.493 e. The maximum absolute atomic E-state index is 14.1. The zero-order chi connectivity index (χ0) is 30.7. The van der Waals surface area contributed by atoms with Gasteiger partial charge in [0.05, 0.1) is 42.7 Å². The van der Waals surface area contributed by atoms with E-state index in [1.54, 1.807) is 57.4 Å². The van der Waals surface area contributed by atoms with E-state index in [1.165, 1.54) is 23.0 Å². The number of carbonyl (C=O) groups is 1. The van der Waals surface area contributed by atoms with Crippen LogP contribution in [0.5, 0.6) is 17.2 Å². The van der Waals surface area contributed by atoms with Crippen molar-refractivity contribution in [2.24, 2.45) is 4.99 Å². The van der Waals surface area contributed by atoms with Crippen LogP contribution in [0, 0.1) is 0 Å². The van der Waals surface area contributed by atoms with Gasteiger partial charge in [0.2, 0.25) is 0 Å². The van der Waals surface area contributed by atoms with Crippen molar-refractivity contribution < 1.29 is 23.7 Å². The van der Waals surface area contributed by atoms with E-state index in [4.69, 9.17) is 42.1 Å². The molecule has 2 heterocycles. The van der Waals surface area contributed by atoms with Crippen molar-refractivity contribution in [3.8, 4) is 17.2 Å². The van der Waals surface area contributed by atoms with E-state index in [1.807, 2.05) is 30.3 Å². The van der Waals surface area contributed by atoms with E-state index in [0.29, 0.717) is 53.5 Å². The van der Waals surface area contributed by atoms with Crippen molar-refractivity contribution in [3.63, 3.8) is 0 Å². The number of para-hydroxylation sites is 1. The Morgan fingerprint density at radius 2 is 1.79 bits per heavy atom. The normalized spacial score (nSPS) is 14.7. The van der Waals surface area contributed by atoms with Crippen LogP contribution in [0.1, 0.15) is 36.6 Å². The quantitative estimate of drug-likeness (QED) is 0.219. The summed E-state index contributed by atoms with van der Waals surface area (Å²) in [5, 5.41) is 1.04. The fraction of sp³-hybridized carbons (Fsp3) is 0.219. The fourth-order valence-electron chi connectivity index (χ4n) is 4.80. The first kappa shape index (κ1) is 30.4. The monoisotopic (exact) mass is 638 g/mol. The number of ether oxygens (including phenoxy) is 4. The number of allylic oxidation sites excluding steroid dienone is 1. The first-order valence-corrected chi connectivity index (χ1v) is 14.9. The minimum atomic E-state index is -0.796. The van der Waals surface area contributed by atoms with Gasteiger partial charge in [-0.15, -0.1) is 0 Å². The zero-order valence-corrected chi connectivity index (χ0v) is 26.2. The number of thiazole rings is 1. The van der Waals surface area contributed by atoms with Gasteiger partial charge < -0.3 is 18.9 Å². The fourth-order valence-corrected chi connectivity index (χ4v) is 6.30. The van der Waals surface area contributed by atoms with Gasteiger partial charge in [-0.05, 0) is 55.8 Å². The summed E-state index contributed by atoms with van der Waals surface area (Å²) in [4.78, 5) is 32.4. The summed E-state index contributed by atoms with van der Waals surface area (Å²) in [5.41, 5.74) is 2.55. The molecule has 0 amide bonds. The smallest absolute Gasteiger partial charge is 0.338 e. The number of esters is 1. The molecule has 222 valence electrons. The Balaban J connectivity index is 1.61. The lowest BCUT2D eigenvalue weighted by Gasteiger charge is -2.25. The largest absolute Gasteiger partial charge is 0.493 e. The third-order valence-electron chi connectivity index (χ3n) is 6.84. The van der Waals surface area contributed by atoms with Gasteiger partial charge in [-0.25, -0.2) is 9.79 Å². The van der Waals surface area contributed by atoms with Crippen LogP contribution >= 0.6 is 34.5 Å². The highest BCUT2D eigenvalue weighted by Gasteiger charge is 2.34. The second-order valence-electron chi connectivity index (χ2n) is 9.48. The average molecular weight is 640 g/mol. The SMILES string of the molecule is CCOC(=O)C1=C(C)N=c2s/c(=C\c3ccccc3OCc3ccc(Cl)cc3Cl)c(=O)n2[C@H]1c1ccc(OC)c(OC)c1. The molecule has 11 heteroatoms. The average Bonchev–Trinajstić information content (AvgIpc) is 3.30. The van der Waals surface area contributed by atoms with Gasteiger partial charge in [-0.3, -0.25) is 9.36 Å². The molecule has 0 aliphatic carbocycles. The second kappa shape index (κ2) is 13.1. The summed E-state index contributed by atoms with van der Waals surface area (Å²) in [6.45, 7) is 3.86. The van der Waals surface area contributed by atoms with Crippen molar-refractivity contribution in [2.45, 2.75) is 26.5 Å². The van der Waals surface area contributed by atoms with Gasteiger partial charge in [-0.1, -0.05) is 64.9 Å². The summed E-state index contributed by atoms with van der Waals surface area (Å²) in [6.07, 6.45) is 1.76. The van der Waals surface area contributed by atoms with Crippen LogP contribution in [0.4, 0.5) is 0 Å².